The van der Waals surface area contributed by atoms with Crippen molar-refractivity contribution >= 4 is 17.1 Å². The van der Waals surface area contributed by atoms with Gasteiger partial charge in [-0.3, -0.25) is 0 Å². The first-order valence-corrected chi connectivity index (χ1v) is 16.3. The number of imidazole rings is 1. The van der Waals surface area contributed by atoms with Crippen LogP contribution >= 0.6 is 0 Å². The summed E-state index contributed by atoms with van der Waals surface area (Å²) < 4.78 is 20.0. The lowest BCUT2D eigenvalue weighted by atomic mass is 10.0. The van der Waals surface area contributed by atoms with Crippen LogP contribution in [-0.4, -0.2) is 52.4 Å². The Morgan fingerprint density at radius 3 is 2.29 bits per heavy atom. The first kappa shape index (κ1) is 33.8. The topological polar surface area (TPSA) is 77.8 Å². The van der Waals surface area contributed by atoms with Crippen molar-refractivity contribution in [1.82, 2.24) is 19.8 Å². The van der Waals surface area contributed by atoms with Gasteiger partial charge in [-0.05, 0) is 82.1 Å². The molecule has 1 unspecified atom stereocenters. The number of alkyl carbamates (subject to hydrolysis) is 1. The van der Waals surface area contributed by atoms with E-state index >= 15 is 0 Å². The SMILES string of the molecule is CCCn1c(C(Cc2ccc(OCc3ccccc3)cc2)NC(=O)OC(C)(C)C)nc2ccc(OCCCN(CC)CC)cc21. The second-order valence-electron chi connectivity index (χ2n) is 12.3. The van der Waals surface area contributed by atoms with Crippen LogP contribution in [0.2, 0.25) is 0 Å². The monoisotopic (exact) mass is 614 g/mol. The highest BCUT2D eigenvalue weighted by molar-refractivity contribution is 5.78. The number of benzene rings is 3. The zero-order valence-corrected chi connectivity index (χ0v) is 27.8. The van der Waals surface area contributed by atoms with Gasteiger partial charge in [0.2, 0.25) is 0 Å². The van der Waals surface area contributed by atoms with Gasteiger partial charge in [-0.15, -0.1) is 0 Å². The van der Waals surface area contributed by atoms with Gasteiger partial charge in [0.1, 0.15) is 29.5 Å². The minimum atomic E-state index is -0.618. The molecule has 0 spiro atoms. The van der Waals surface area contributed by atoms with E-state index in [0.717, 1.165) is 78.5 Å². The highest BCUT2D eigenvalue weighted by Gasteiger charge is 2.26. The Kier molecular flexibility index (Phi) is 12.3. The van der Waals surface area contributed by atoms with Gasteiger partial charge in [-0.25, -0.2) is 9.78 Å². The molecule has 1 amide bonds. The summed E-state index contributed by atoms with van der Waals surface area (Å²) in [4.78, 5) is 20.5. The lowest BCUT2D eigenvalue weighted by Gasteiger charge is -2.24. The molecule has 0 aliphatic carbocycles. The number of nitrogens with one attached hydrogen (secondary N) is 1. The number of rotatable bonds is 16. The van der Waals surface area contributed by atoms with Gasteiger partial charge in [0, 0.05) is 25.6 Å². The molecule has 0 aliphatic rings. The number of carbonyl (C=O) groups is 1. The Balaban J connectivity index is 1.56. The third-order valence-electron chi connectivity index (χ3n) is 7.59. The first-order chi connectivity index (χ1) is 21.7. The lowest BCUT2D eigenvalue weighted by molar-refractivity contribution is 0.0500. The highest BCUT2D eigenvalue weighted by Crippen LogP contribution is 2.28. The molecular formula is C37H50N4O4. The number of hydrogen-bond donors (Lipinski definition) is 1. The number of carbonyl (C=O) groups excluding carboxylic acids is 1. The maximum atomic E-state index is 13.1. The summed E-state index contributed by atoms with van der Waals surface area (Å²) in [5.41, 5.74) is 3.41. The predicted octanol–water partition coefficient (Wildman–Crippen LogP) is 7.94. The second-order valence-corrected chi connectivity index (χ2v) is 12.3. The van der Waals surface area contributed by atoms with E-state index in [2.05, 4.69) is 41.6 Å². The fourth-order valence-electron chi connectivity index (χ4n) is 5.31. The molecule has 3 aromatic carbocycles. The van der Waals surface area contributed by atoms with Crippen LogP contribution in [0.5, 0.6) is 11.5 Å². The molecule has 45 heavy (non-hydrogen) atoms. The minimum Gasteiger partial charge on any atom is -0.493 e. The molecule has 8 nitrogen and oxygen atoms in total. The number of hydrogen-bond acceptors (Lipinski definition) is 6. The fourth-order valence-corrected chi connectivity index (χ4v) is 5.31. The quantitative estimate of drug-likeness (QED) is 0.129. The van der Waals surface area contributed by atoms with E-state index in [1.165, 1.54) is 0 Å². The van der Waals surface area contributed by atoms with E-state index in [1.807, 2.05) is 87.5 Å². The molecule has 4 rings (SSSR count). The number of fused-ring (bicyclic) bond motifs is 1. The molecule has 0 fully saturated rings. The fraction of sp³-hybridized carbons (Fsp3) is 0.459. The van der Waals surface area contributed by atoms with Crippen LogP contribution in [0.3, 0.4) is 0 Å². The maximum Gasteiger partial charge on any atom is 0.408 e. The lowest BCUT2D eigenvalue weighted by Crippen LogP contribution is -2.37. The number of nitrogens with zero attached hydrogens (tertiary/aromatic N) is 3. The normalized spacial score (nSPS) is 12.3. The molecule has 4 aromatic rings. The predicted molar refractivity (Wildman–Crippen MR) is 181 cm³/mol. The molecule has 0 saturated carbocycles. The largest absolute Gasteiger partial charge is 0.493 e. The van der Waals surface area contributed by atoms with Crippen molar-refractivity contribution in [2.45, 2.75) is 85.6 Å². The number of ether oxygens (including phenoxy) is 3. The van der Waals surface area contributed by atoms with Crippen molar-refractivity contribution in [3.8, 4) is 11.5 Å². The molecule has 242 valence electrons. The smallest absolute Gasteiger partial charge is 0.408 e. The van der Waals surface area contributed by atoms with E-state index in [9.17, 15) is 4.79 Å². The molecule has 0 saturated heterocycles. The third-order valence-corrected chi connectivity index (χ3v) is 7.59. The van der Waals surface area contributed by atoms with Crippen molar-refractivity contribution in [3.63, 3.8) is 0 Å². The van der Waals surface area contributed by atoms with Gasteiger partial charge in [0.25, 0.3) is 0 Å². The van der Waals surface area contributed by atoms with E-state index in [1.54, 1.807) is 0 Å². The van der Waals surface area contributed by atoms with Crippen LogP contribution in [0, 0.1) is 0 Å². The van der Waals surface area contributed by atoms with E-state index in [4.69, 9.17) is 19.2 Å². The molecule has 0 bridgehead atoms. The Labute approximate surface area is 268 Å². The van der Waals surface area contributed by atoms with Gasteiger partial charge in [0.15, 0.2) is 0 Å². The van der Waals surface area contributed by atoms with Gasteiger partial charge in [0.05, 0.1) is 23.7 Å². The van der Waals surface area contributed by atoms with Crippen LogP contribution in [0.4, 0.5) is 4.79 Å². The summed E-state index contributed by atoms with van der Waals surface area (Å²) in [5, 5.41) is 3.13. The van der Waals surface area contributed by atoms with Crippen LogP contribution in [0.25, 0.3) is 11.0 Å². The summed E-state index contributed by atoms with van der Waals surface area (Å²) in [6, 6.07) is 23.8. The Bertz CT molecular complexity index is 1470. The first-order valence-electron chi connectivity index (χ1n) is 16.3. The van der Waals surface area contributed by atoms with Crippen molar-refractivity contribution in [1.29, 1.82) is 0 Å². The Morgan fingerprint density at radius 1 is 0.911 bits per heavy atom. The van der Waals surface area contributed by atoms with Gasteiger partial charge >= 0.3 is 6.09 Å². The summed E-state index contributed by atoms with van der Waals surface area (Å²) >= 11 is 0. The molecule has 0 radical (unpaired) electrons. The molecule has 1 aromatic heterocycles. The van der Waals surface area contributed by atoms with Crippen LogP contribution < -0.4 is 14.8 Å². The summed E-state index contributed by atoms with van der Waals surface area (Å²) in [7, 11) is 0. The summed E-state index contributed by atoms with van der Waals surface area (Å²) in [6.45, 7) is 17.2. The maximum absolute atomic E-state index is 13.1. The van der Waals surface area contributed by atoms with Crippen LogP contribution in [-0.2, 0) is 24.3 Å². The van der Waals surface area contributed by atoms with Crippen molar-refractivity contribution in [2.24, 2.45) is 0 Å². The van der Waals surface area contributed by atoms with E-state index in [-0.39, 0.29) is 0 Å². The van der Waals surface area contributed by atoms with Gasteiger partial charge in [-0.2, -0.15) is 0 Å². The van der Waals surface area contributed by atoms with Crippen molar-refractivity contribution < 1.29 is 19.0 Å². The van der Waals surface area contributed by atoms with Crippen LogP contribution in [0.1, 0.15) is 77.4 Å². The number of amides is 1. The zero-order valence-electron chi connectivity index (χ0n) is 27.8. The van der Waals surface area contributed by atoms with Crippen molar-refractivity contribution in [3.05, 3.63) is 89.7 Å². The Hall–Kier alpha value is -4.04. The average molecular weight is 615 g/mol. The average Bonchev–Trinajstić information content (AvgIpc) is 3.38. The number of aromatic nitrogens is 2. The van der Waals surface area contributed by atoms with E-state index in [0.29, 0.717) is 19.6 Å². The third kappa shape index (κ3) is 10.2. The van der Waals surface area contributed by atoms with Gasteiger partial charge in [-0.1, -0.05) is 63.2 Å². The molecule has 1 heterocycles. The minimum absolute atomic E-state index is 0.409. The summed E-state index contributed by atoms with van der Waals surface area (Å²) in [6.07, 6.45) is 1.96. The molecule has 0 aliphatic heterocycles. The van der Waals surface area contributed by atoms with Crippen LogP contribution in [0.15, 0.2) is 72.8 Å². The molecular weight excluding hydrogens is 564 g/mol. The number of aryl methyl sites for hydroxylation is 1. The molecule has 1 N–H and O–H groups in total. The Morgan fingerprint density at radius 2 is 1.62 bits per heavy atom. The highest BCUT2D eigenvalue weighted by atomic mass is 16.6. The zero-order chi connectivity index (χ0) is 32.2. The summed E-state index contributed by atoms with van der Waals surface area (Å²) in [5.74, 6) is 2.41. The second kappa shape index (κ2) is 16.3. The van der Waals surface area contributed by atoms with Gasteiger partial charge < -0.3 is 29.0 Å². The standard InChI is InChI=1S/C37H50N4O4/c1-7-22-41-34-26-31(43-24-13-23-40(8-2)9-3)20-21-32(34)38-35(41)33(39-36(42)45-37(4,5)6)25-28-16-18-30(19-17-28)44-27-29-14-11-10-12-15-29/h10-12,14-21,26,33H,7-9,13,22-25,27H2,1-6H3,(H,39,42). The van der Waals surface area contributed by atoms with E-state index < -0.39 is 17.7 Å². The molecule has 1 atom stereocenters. The molecule has 8 heteroatoms. The van der Waals surface area contributed by atoms with Crippen molar-refractivity contribution in [2.75, 3.05) is 26.2 Å².